The molecule has 1 aromatic rings. The van der Waals surface area contributed by atoms with E-state index in [0.717, 1.165) is 10.2 Å². The van der Waals surface area contributed by atoms with E-state index in [4.69, 9.17) is 4.74 Å². The Labute approximate surface area is 128 Å². The zero-order chi connectivity index (χ0) is 15.2. The van der Waals surface area contributed by atoms with Crippen LogP contribution in [0.1, 0.15) is 33.6 Å². The van der Waals surface area contributed by atoms with E-state index in [1.165, 1.54) is 0 Å². The molecule has 1 amide bonds. The molecule has 0 heterocycles. The van der Waals surface area contributed by atoms with Gasteiger partial charge < -0.3 is 15.2 Å². The fourth-order valence-electron chi connectivity index (χ4n) is 1.48. The number of carbonyl (C=O) groups is 1. The van der Waals surface area contributed by atoms with E-state index in [1.54, 1.807) is 20.8 Å². The summed E-state index contributed by atoms with van der Waals surface area (Å²) in [5.74, 6) is 0.716. The second-order valence-electron chi connectivity index (χ2n) is 5.35. The van der Waals surface area contributed by atoms with E-state index in [1.807, 2.05) is 24.3 Å². The van der Waals surface area contributed by atoms with E-state index in [2.05, 4.69) is 21.2 Å². The summed E-state index contributed by atoms with van der Waals surface area (Å²) in [4.78, 5) is 11.7. The first-order valence-corrected chi connectivity index (χ1v) is 7.48. The maximum Gasteiger partial charge on any atom is 0.220 e. The Bertz CT molecular complexity index is 429. The van der Waals surface area contributed by atoms with Gasteiger partial charge in [-0.2, -0.15) is 0 Å². The highest BCUT2D eigenvalue weighted by molar-refractivity contribution is 9.10. The maximum absolute atomic E-state index is 11.7. The average molecular weight is 344 g/mol. The lowest BCUT2D eigenvalue weighted by Gasteiger charge is -2.29. The van der Waals surface area contributed by atoms with Crippen LogP contribution in [0.25, 0.3) is 0 Å². The quantitative estimate of drug-likeness (QED) is 0.748. The van der Waals surface area contributed by atoms with E-state index < -0.39 is 11.6 Å². The highest BCUT2D eigenvalue weighted by Crippen LogP contribution is 2.16. The van der Waals surface area contributed by atoms with Crippen LogP contribution < -0.4 is 10.1 Å². The Balaban J connectivity index is 2.24. The second kappa shape index (κ2) is 7.64. The molecule has 0 radical (unpaired) electrons. The minimum Gasteiger partial charge on any atom is -0.494 e. The van der Waals surface area contributed by atoms with Crippen molar-refractivity contribution in [2.24, 2.45) is 0 Å². The third kappa shape index (κ3) is 5.92. The molecule has 1 rings (SSSR count). The molecular weight excluding hydrogens is 322 g/mol. The van der Waals surface area contributed by atoms with Gasteiger partial charge in [0.15, 0.2) is 0 Å². The number of ether oxygens (including phenoxy) is 1. The largest absolute Gasteiger partial charge is 0.494 e. The molecule has 0 aliphatic rings. The van der Waals surface area contributed by atoms with Crippen molar-refractivity contribution in [2.45, 2.75) is 45.3 Å². The molecule has 2 N–H and O–H groups in total. The van der Waals surface area contributed by atoms with Crippen LogP contribution >= 0.6 is 15.9 Å². The molecule has 4 nitrogen and oxygen atoms in total. The van der Waals surface area contributed by atoms with Gasteiger partial charge in [0.05, 0.1) is 18.2 Å². The van der Waals surface area contributed by atoms with Gasteiger partial charge >= 0.3 is 0 Å². The fraction of sp³-hybridized carbons (Fsp3) is 0.533. The number of rotatable bonds is 7. The SMILES string of the molecule is CC(O)C(C)(C)NC(=O)CCCOc1ccc(Br)cc1. The molecule has 1 atom stereocenters. The van der Waals surface area contributed by atoms with E-state index in [-0.39, 0.29) is 5.91 Å². The molecule has 0 spiro atoms. The molecule has 5 heteroatoms. The van der Waals surface area contributed by atoms with Gasteiger partial charge in [0, 0.05) is 10.9 Å². The molecule has 112 valence electrons. The van der Waals surface area contributed by atoms with Crippen LogP contribution in [0.15, 0.2) is 28.7 Å². The predicted octanol–water partition coefficient (Wildman–Crippen LogP) is 2.88. The first-order chi connectivity index (χ1) is 9.31. The summed E-state index contributed by atoms with van der Waals surface area (Å²) < 4.78 is 6.54. The Morgan fingerprint density at radius 1 is 1.40 bits per heavy atom. The molecule has 0 saturated carbocycles. The van der Waals surface area contributed by atoms with Gasteiger partial charge in [-0.25, -0.2) is 0 Å². The molecule has 0 aliphatic carbocycles. The monoisotopic (exact) mass is 343 g/mol. The highest BCUT2D eigenvalue weighted by Gasteiger charge is 2.25. The predicted molar refractivity (Wildman–Crippen MR) is 82.8 cm³/mol. The number of nitrogens with one attached hydrogen (secondary N) is 1. The second-order valence-corrected chi connectivity index (χ2v) is 6.27. The normalized spacial score (nSPS) is 12.8. The van der Waals surface area contributed by atoms with Gasteiger partial charge in [0.2, 0.25) is 5.91 Å². The van der Waals surface area contributed by atoms with Gasteiger partial charge in [-0.05, 0) is 51.5 Å². The smallest absolute Gasteiger partial charge is 0.220 e. The molecule has 0 saturated heterocycles. The van der Waals surface area contributed by atoms with Gasteiger partial charge in [-0.3, -0.25) is 4.79 Å². The summed E-state index contributed by atoms with van der Waals surface area (Å²) in [5.41, 5.74) is -0.607. The molecular formula is C15H22BrNO3. The van der Waals surface area contributed by atoms with Gasteiger partial charge in [-0.15, -0.1) is 0 Å². The van der Waals surface area contributed by atoms with Gasteiger partial charge in [0.1, 0.15) is 5.75 Å². The first kappa shape index (κ1) is 17.0. The van der Waals surface area contributed by atoms with Crippen LogP contribution in [-0.2, 0) is 4.79 Å². The number of benzene rings is 1. The maximum atomic E-state index is 11.7. The molecule has 0 fully saturated rings. The van der Waals surface area contributed by atoms with Crippen molar-refractivity contribution in [1.82, 2.24) is 5.32 Å². The molecule has 0 aliphatic heterocycles. The van der Waals surface area contributed by atoms with Gasteiger partial charge in [0.25, 0.3) is 0 Å². The molecule has 1 aromatic carbocycles. The average Bonchev–Trinajstić information content (AvgIpc) is 2.36. The lowest BCUT2D eigenvalue weighted by atomic mass is 9.98. The summed E-state index contributed by atoms with van der Waals surface area (Å²) in [5, 5.41) is 12.3. The third-order valence-electron chi connectivity index (χ3n) is 3.14. The van der Waals surface area contributed by atoms with Crippen LogP contribution in [-0.4, -0.2) is 29.3 Å². The van der Waals surface area contributed by atoms with Crippen LogP contribution in [0.5, 0.6) is 5.75 Å². The Morgan fingerprint density at radius 3 is 2.55 bits per heavy atom. The number of aliphatic hydroxyl groups is 1. The van der Waals surface area contributed by atoms with Crippen molar-refractivity contribution in [3.63, 3.8) is 0 Å². The number of carbonyl (C=O) groups excluding carboxylic acids is 1. The Hall–Kier alpha value is -1.07. The molecule has 0 aromatic heterocycles. The van der Waals surface area contributed by atoms with Crippen LogP contribution in [0.2, 0.25) is 0 Å². The third-order valence-corrected chi connectivity index (χ3v) is 3.67. The molecule has 1 unspecified atom stereocenters. The van der Waals surface area contributed by atoms with Gasteiger partial charge in [-0.1, -0.05) is 15.9 Å². The summed E-state index contributed by atoms with van der Waals surface area (Å²) in [6.07, 6.45) is 0.426. The zero-order valence-corrected chi connectivity index (χ0v) is 13.7. The minimum absolute atomic E-state index is 0.0738. The van der Waals surface area contributed by atoms with Crippen LogP contribution in [0, 0.1) is 0 Å². The lowest BCUT2D eigenvalue weighted by Crippen LogP contribution is -2.50. The molecule has 20 heavy (non-hydrogen) atoms. The summed E-state index contributed by atoms with van der Waals surface area (Å²) in [6.45, 7) is 5.75. The summed E-state index contributed by atoms with van der Waals surface area (Å²) in [7, 11) is 0. The van der Waals surface area contributed by atoms with Crippen molar-refractivity contribution in [3.05, 3.63) is 28.7 Å². The van der Waals surface area contributed by atoms with E-state index >= 15 is 0 Å². The van der Waals surface area contributed by atoms with Crippen molar-refractivity contribution >= 4 is 21.8 Å². The van der Waals surface area contributed by atoms with Crippen LogP contribution in [0.3, 0.4) is 0 Å². The van der Waals surface area contributed by atoms with Crippen LogP contribution in [0.4, 0.5) is 0 Å². The molecule has 0 bridgehead atoms. The number of hydrogen-bond acceptors (Lipinski definition) is 3. The minimum atomic E-state index is -0.607. The topological polar surface area (TPSA) is 58.6 Å². The zero-order valence-electron chi connectivity index (χ0n) is 12.1. The van der Waals surface area contributed by atoms with Crippen molar-refractivity contribution in [1.29, 1.82) is 0 Å². The summed E-state index contributed by atoms with van der Waals surface area (Å²) in [6, 6.07) is 7.57. The number of amides is 1. The fourth-order valence-corrected chi connectivity index (χ4v) is 1.74. The van der Waals surface area contributed by atoms with Crippen molar-refractivity contribution in [2.75, 3.05) is 6.61 Å². The van der Waals surface area contributed by atoms with E-state index in [9.17, 15) is 9.90 Å². The summed E-state index contributed by atoms with van der Waals surface area (Å²) >= 11 is 3.36. The van der Waals surface area contributed by atoms with Crippen molar-refractivity contribution < 1.29 is 14.6 Å². The number of hydrogen-bond donors (Lipinski definition) is 2. The number of aliphatic hydroxyl groups excluding tert-OH is 1. The van der Waals surface area contributed by atoms with E-state index in [0.29, 0.717) is 19.4 Å². The first-order valence-electron chi connectivity index (χ1n) is 6.69. The Kier molecular flexibility index (Phi) is 6.49. The van der Waals surface area contributed by atoms with Crippen molar-refractivity contribution in [3.8, 4) is 5.75 Å². The standard InChI is InChI=1S/C15H22BrNO3/c1-11(18)15(2,3)17-14(19)5-4-10-20-13-8-6-12(16)7-9-13/h6-9,11,18H,4-5,10H2,1-3H3,(H,17,19). The lowest BCUT2D eigenvalue weighted by molar-refractivity contribution is -0.124. The highest BCUT2D eigenvalue weighted by atomic mass is 79.9. The Morgan fingerprint density at radius 2 is 2.00 bits per heavy atom. The number of halogens is 1.